The van der Waals surface area contributed by atoms with E-state index in [-0.39, 0.29) is 35.6 Å². The molecular formula is C30H32F3N6O2P. The number of imidazole rings is 1. The van der Waals surface area contributed by atoms with Crippen molar-refractivity contribution in [3.8, 4) is 0 Å². The van der Waals surface area contributed by atoms with Crippen LogP contribution in [0.2, 0.25) is 0 Å². The van der Waals surface area contributed by atoms with E-state index in [0.717, 1.165) is 24.2 Å². The second-order valence-corrected chi connectivity index (χ2v) is 11.5. The molecule has 1 spiro atoms. The average Bonchev–Trinajstić information content (AvgIpc) is 3.49. The molecule has 2 aromatic carbocycles. The van der Waals surface area contributed by atoms with Crippen molar-refractivity contribution in [2.24, 2.45) is 0 Å². The van der Waals surface area contributed by atoms with Crippen LogP contribution in [0.25, 0.3) is 5.57 Å². The van der Waals surface area contributed by atoms with E-state index < -0.39 is 23.2 Å². The highest BCUT2D eigenvalue weighted by Crippen LogP contribution is 2.46. The number of halogens is 3. The summed E-state index contributed by atoms with van der Waals surface area (Å²) in [6.45, 7) is 2.36. The van der Waals surface area contributed by atoms with Gasteiger partial charge in [0.05, 0.1) is 35.3 Å². The lowest BCUT2D eigenvalue weighted by molar-refractivity contribution is -0.138. The third kappa shape index (κ3) is 6.09. The molecule has 1 aromatic heterocycles. The Kier molecular flexibility index (Phi) is 8.07. The van der Waals surface area contributed by atoms with Crippen LogP contribution in [0.5, 0.6) is 0 Å². The fraction of sp³-hybridized carbons (Fsp3) is 0.333. The number of allylic oxidation sites excluding steroid dienone is 2. The van der Waals surface area contributed by atoms with Crippen LogP contribution in [0, 0.1) is 0 Å². The maximum Gasteiger partial charge on any atom is 0.418 e. The summed E-state index contributed by atoms with van der Waals surface area (Å²) in [6, 6.07) is 12.2. The van der Waals surface area contributed by atoms with Crippen molar-refractivity contribution in [2.75, 3.05) is 43.0 Å². The van der Waals surface area contributed by atoms with Crippen LogP contribution in [0.1, 0.15) is 45.8 Å². The number of anilines is 2. The van der Waals surface area contributed by atoms with Crippen LogP contribution in [-0.4, -0.2) is 54.3 Å². The lowest BCUT2D eigenvalue weighted by Crippen LogP contribution is -2.56. The predicted octanol–water partition coefficient (Wildman–Crippen LogP) is 5.28. The molecule has 8 nitrogen and oxygen atoms in total. The number of morpholine rings is 1. The second-order valence-electron chi connectivity index (χ2n) is 10.7. The molecule has 1 unspecified atom stereocenters. The number of ether oxygens (including phenoxy) is 1. The largest absolute Gasteiger partial charge is 0.418 e. The normalized spacial score (nSPS) is 19.0. The standard InChI is InChI=1S/C30H32F3N6O2P/c31-30(32,33)25-21(16-20-4-2-1-3-5-20)6-7-23(26(25)39-14-15-41-29(19-39)9-12-34-13-10-29)38-28(40)24-17-35-27(37-24)22-8-11-36-42-18-22/h1-8,11,17-18,34,36,42H,9-10,12-16,19H2,(H,35,37)(H,38,40). The van der Waals surface area contributed by atoms with E-state index in [9.17, 15) is 4.79 Å². The minimum atomic E-state index is -4.66. The summed E-state index contributed by atoms with van der Waals surface area (Å²) in [7, 11) is 0.384. The molecule has 4 heterocycles. The Bertz CT molecular complexity index is 1490. The number of piperidine rings is 1. The highest BCUT2D eigenvalue weighted by Gasteiger charge is 2.43. The number of aromatic amines is 1. The fourth-order valence-corrected chi connectivity index (χ4v) is 6.48. The van der Waals surface area contributed by atoms with Crippen molar-refractivity contribution in [1.29, 1.82) is 0 Å². The molecule has 1 atom stereocenters. The quantitative estimate of drug-likeness (QED) is 0.290. The van der Waals surface area contributed by atoms with E-state index in [4.69, 9.17) is 4.74 Å². The van der Waals surface area contributed by atoms with Gasteiger partial charge in [-0.2, -0.15) is 13.2 Å². The van der Waals surface area contributed by atoms with Crippen molar-refractivity contribution in [1.82, 2.24) is 20.4 Å². The maximum absolute atomic E-state index is 15.0. The van der Waals surface area contributed by atoms with Gasteiger partial charge < -0.3 is 30.3 Å². The molecule has 220 valence electrons. The summed E-state index contributed by atoms with van der Waals surface area (Å²) in [5.41, 5.74) is 0.729. The van der Waals surface area contributed by atoms with E-state index in [2.05, 4.69) is 25.7 Å². The van der Waals surface area contributed by atoms with E-state index >= 15 is 13.2 Å². The number of amides is 1. The number of nitrogens with zero attached hydrogens (tertiary/aromatic N) is 2. The molecule has 0 saturated carbocycles. The van der Waals surface area contributed by atoms with Crippen LogP contribution in [0.15, 0.2) is 66.8 Å². The number of carbonyl (C=O) groups is 1. The van der Waals surface area contributed by atoms with Crippen molar-refractivity contribution in [2.45, 2.75) is 31.0 Å². The highest BCUT2D eigenvalue weighted by molar-refractivity contribution is 7.40. The molecule has 42 heavy (non-hydrogen) atoms. The highest BCUT2D eigenvalue weighted by atomic mass is 31.1. The summed E-state index contributed by atoms with van der Waals surface area (Å²) in [6.07, 6.45) is 1.90. The minimum Gasteiger partial charge on any atom is -0.371 e. The Morgan fingerprint density at radius 1 is 1.14 bits per heavy atom. The van der Waals surface area contributed by atoms with Crippen LogP contribution >= 0.6 is 8.73 Å². The first-order chi connectivity index (χ1) is 20.3. The molecule has 3 aromatic rings. The van der Waals surface area contributed by atoms with Gasteiger partial charge in [0.2, 0.25) is 0 Å². The molecule has 0 bridgehead atoms. The topological polar surface area (TPSA) is 94.3 Å². The van der Waals surface area contributed by atoms with Gasteiger partial charge in [-0.15, -0.1) is 0 Å². The van der Waals surface area contributed by atoms with Gasteiger partial charge in [0.15, 0.2) is 0 Å². The lowest BCUT2D eigenvalue weighted by Gasteiger charge is -2.47. The van der Waals surface area contributed by atoms with Gasteiger partial charge in [0.1, 0.15) is 11.5 Å². The molecule has 0 radical (unpaired) electrons. The van der Waals surface area contributed by atoms with Gasteiger partial charge in [0, 0.05) is 24.9 Å². The first-order valence-corrected chi connectivity index (χ1v) is 15.0. The summed E-state index contributed by atoms with van der Waals surface area (Å²) in [5, 5.41) is 9.17. The van der Waals surface area contributed by atoms with Gasteiger partial charge in [-0.05, 0) is 70.2 Å². The second kappa shape index (κ2) is 11.9. The predicted molar refractivity (Wildman–Crippen MR) is 159 cm³/mol. The molecule has 12 heteroatoms. The van der Waals surface area contributed by atoms with Gasteiger partial charge in [-0.3, -0.25) is 4.79 Å². The van der Waals surface area contributed by atoms with E-state index in [1.165, 1.54) is 12.3 Å². The first-order valence-electron chi connectivity index (χ1n) is 13.9. The zero-order chi connectivity index (χ0) is 29.2. The molecule has 3 aliphatic heterocycles. The number of rotatable bonds is 6. The van der Waals surface area contributed by atoms with Gasteiger partial charge in [-0.25, -0.2) is 4.98 Å². The lowest BCUT2D eigenvalue weighted by atomic mass is 9.89. The molecule has 0 aliphatic carbocycles. The van der Waals surface area contributed by atoms with Crippen molar-refractivity contribution in [3.05, 3.63) is 95.0 Å². The first kappa shape index (κ1) is 28.5. The van der Waals surface area contributed by atoms with Crippen molar-refractivity contribution < 1.29 is 22.7 Å². The number of H-pyrrole nitrogens is 1. The van der Waals surface area contributed by atoms with Gasteiger partial charge >= 0.3 is 6.18 Å². The smallest absolute Gasteiger partial charge is 0.371 e. The monoisotopic (exact) mass is 596 g/mol. The molecule has 4 N–H and O–H groups in total. The molecule has 6 rings (SSSR count). The molecule has 2 saturated heterocycles. The Balaban J connectivity index is 1.39. The van der Waals surface area contributed by atoms with Crippen LogP contribution < -0.4 is 20.6 Å². The fourth-order valence-electron chi connectivity index (χ4n) is 5.83. The van der Waals surface area contributed by atoms with Crippen LogP contribution in [0.4, 0.5) is 24.5 Å². The SMILES string of the molecule is O=C(Nc1ccc(Cc2ccccc2)c(C(F)(F)F)c1N1CCOC2(CCNCC2)C1)c1cnc(C2=CPNC=C2)[nH]1. The number of hydrogen-bond acceptors (Lipinski definition) is 6. The summed E-state index contributed by atoms with van der Waals surface area (Å²) in [5.74, 6) is 1.90. The Labute approximate surface area is 243 Å². The zero-order valence-electron chi connectivity index (χ0n) is 22.9. The minimum absolute atomic E-state index is 0.0181. The van der Waals surface area contributed by atoms with E-state index in [1.807, 2.05) is 42.2 Å². The molecule has 1 amide bonds. The number of benzene rings is 2. The van der Waals surface area contributed by atoms with Crippen LogP contribution in [-0.2, 0) is 17.3 Å². The van der Waals surface area contributed by atoms with Crippen molar-refractivity contribution in [3.63, 3.8) is 0 Å². The number of carbonyl (C=O) groups excluding carboxylic acids is 1. The molecule has 3 aliphatic rings. The van der Waals surface area contributed by atoms with Crippen LogP contribution in [0.3, 0.4) is 0 Å². The number of nitrogens with one attached hydrogen (secondary N) is 4. The molecular weight excluding hydrogens is 564 g/mol. The van der Waals surface area contributed by atoms with E-state index in [1.54, 1.807) is 17.2 Å². The zero-order valence-corrected chi connectivity index (χ0v) is 23.9. The molecule has 2 fully saturated rings. The summed E-state index contributed by atoms with van der Waals surface area (Å²) in [4.78, 5) is 22.5. The van der Waals surface area contributed by atoms with Gasteiger partial charge in [0.25, 0.3) is 5.91 Å². The Hall–Kier alpha value is -3.66. The number of alkyl halides is 3. The number of aromatic nitrogens is 2. The third-order valence-corrected chi connectivity index (χ3v) is 8.65. The summed E-state index contributed by atoms with van der Waals surface area (Å²) >= 11 is 0. The third-order valence-electron chi connectivity index (χ3n) is 7.86. The van der Waals surface area contributed by atoms with Gasteiger partial charge in [-0.1, -0.05) is 36.4 Å². The average molecular weight is 597 g/mol. The Morgan fingerprint density at radius 2 is 1.95 bits per heavy atom. The maximum atomic E-state index is 15.0. The van der Waals surface area contributed by atoms with E-state index in [0.29, 0.717) is 40.5 Å². The Morgan fingerprint density at radius 3 is 2.69 bits per heavy atom. The summed E-state index contributed by atoms with van der Waals surface area (Å²) < 4.78 is 51.3. The van der Waals surface area contributed by atoms with Crippen molar-refractivity contribution >= 4 is 31.6 Å². The number of hydrogen-bond donors (Lipinski definition) is 4.